The molecule has 2 aromatic carbocycles. The van der Waals surface area contributed by atoms with Crippen LogP contribution in [0.4, 0.5) is 5.69 Å². The highest BCUT2D eigenvalue weighted by atomic mass is 32.1. The molecule has 0 saturated carbocycles. The molecule has 0 saturated heterocycles. The van der Waals surface area contributed by atoms with E-state index in [0.717, 1.165) is 16.1 Å². The number of phenolic OH excluding ortho intramolecular Hbond substituents is 1. The average molecular weight is 435 g/mol. The Hall–Kier alpha value is -3.45. The number of aliphatic hydroxyl groups is 1. The molecule has 0 radical (unpaired) electrons. The molecule has 1 amide bonds. The van der Waals surface area contributed by atoms with Crippen molar-refractivity contribution in [2.45, 2.75) is 33.7 Å². The SMILES string of the molecule is Cc1nc(C)c(C(=O)C2=C(O)C(=O)N(c3cccc(C)c3C)C2c2ccc(O)cc2)s1. The third-order valence-corrected chi connectivity index (χ3v) is 6.68. The number of amides is 1. The number of hydrogen-bond donors (Lipinski definition) is 2. The third kappa shape index (κ3) is 3.41. The highest BCUT2D eigenvalue weighted by molar-refractivity contribution is 7.14. The zero-order valence-electron chi connectivity index (χ0n) is 17.6. The quantitative estimate of drug-likeness (QED) is 0.572. The fraction of sp³-hybridized carbons (Fsp3) is 0.208. The zero-order valence-corrected chi connectivity index (χ0v) is 18.4. The number of aliphatic hydroxyl groups excluding tert-OH is 1. The van der Waals surface area contributed by atoms with E-state index in [9.17, 15) is 19.8 Å². The second-order valence-corrected chi connectivity index (χ2v) is 8.83. The first kappa shape index (κ1) is 20.8. The van der Waals surface area contributed by atoms with Gasteiger partial charge in [-0.2, -0.15) is 0 Å². The van der Waals surface area contributed by atoms with Gasteiger partial charge in [-0.25, -0.2) is 4.98 Å². The van der Waals surface area contributed by atoms with E-state index in [1.165, 1.54) is 28.4 Å². The van der Waals surface area contributed by atoms with Gasteiger partial charge < -0.3 is 10.2 Å². The Balaban J connectivity index is 1.93. The van der Waals surface area contributed by atoms with Crippen LogP contribution in [0.15, 0.2) is 53.8 Å². The number of carbonyl (C=O) groups excluding carboxylic acids is 2. The van der Waals surface area contributed by atoms with Gasteiger partial charge in [0.05, 0.1) is 27.2 Å². The van der Waals surface area contributed by atoms with Crippen LogP contribution >= 0.6 is 11.3 Å². The molecule has 2 N–H and O–H groups in total. The number of Topliss-reactive ketones (excluding diaryl/α,β-unsaturated/α-hetero) is 1. The van der Waals surface area contributed by atoms with E-state index >= 15 is 0 Å². The van der Waals surface area contributed by atoms with Crippen molar-refractivity contribution in [1.29, 1.82) is 0 Å². The number of carbonyl (C=O) groups is 2. The maximum Gasteiger partial charge on any atom is 0.294 e. The summed E-state index contributed by atoms with van der Waals surface area (Å²) in [5.74, 6) is -1.54. The number of hydrogen-bond acceptors (Lipinski definition) is 6. The molecule has 7 heteroatoms. The van der Waals surface area contributed by atoms with Crippen molar-refractivity contribution >= 4 is 28.7 Å². The number of nitrogens with zero attached hydrogens (tertiary/aromatic N) is 2. The Kier molecular flexibility index (Phi) is 5.15. The molecule has 0 fully saturated rings. The monoisotopic (exact) mass is 434 g/mol. The van der Waals surface area contributed by atoms with Gasteiger partial charge in [-0.3, -0.25) is 14.5 Å². The number of benzene rings is 2. The molecular formula is C24H22N2O4S. The standard InChI is InChI=1S/C24H22N2O4S/c1-12-6-5-7-18(13(12)2)26-20(16-8-10-17(27)11-9-16)19(22(29)24(26)30)21(28)23-14(3)25-15(4)31-23/h5-11,20,27,29H,1-4H3. The van der Waals surface area contributed by atoms with E-state index in [4.69, 9.17) is 0 Å². The van der Waals surface area contributed by atoms with Crippen molar-refractivity contribution < 1.29 is 19.8 Å². The lowest BCUT2D eigenvalue weighted by Gasteiger charge is -2.28. The van der Waals surface area contributed by atoms with Crippen LogP contribution in [0.5, 0.6) is 5.75 Å². The summed E-state index contributed by atoms with van der Waals surface area (Å²) in [6.45, 7) is 7.39. The smallest absolute Gasteiger partial charge is 0.294 e. The normalized spacial score (nSPS) is 16.3. The molecule has 1 unspecified atom stereocenters. The van der Waals surface area contributed by atoms with Gasteiger partial charge >= 0.3 is 0 Å². The number of ketones is 1. The molecule has 1 atom stereocenters. The first-order valence-electron chi connectivity index (χ1n) is 9.81. The van der Waals surface area contributed by atoms with Gasteiger partial charge in [-0.1, -0.05) is 24.3 Å². The van der Waals surface area contributed by atoms with Gasteiger partial charge in [0.25, 0.3) is 5.91 Å². The van der Waals surface area contributed by atoms with Crippen LogP contribution in [0.3, 0.4) is 0 Å². The molecule has 1 aliphatic rings. The molecule has 0 bridgehead atoms. The summed E-state index contributed by atoms with van der Waals surface area (Å²) >= 11 is 1.24. The van der Waals surface area contributed by atoms with E-state index < -0.39 is 23.5 Å². The molecule has 2 heterocycles. The Labute approximate surface area is 184 Å². The van der Waals surface area contributed by atoms with Gasteiger partial charge in [0, 0.05) is 5.69 Å². The minimum atomic E-state index is -0.831. The predicted octanol–water partition coefficient (Wildman–Crippen LogP) is 4.87. The lowest BCUT2D eigenvalue weighted by Crippen LogP contribution is -2.31. The van der Waals surface area contributed by atoms with Crippen LogP contribution in [0, 0.1) is 27.7 Å². The Morgan fingerprint density at radius 2 is 1.71 bits per heavy atom. The van der Waals surface area contributed by atoms with Crippen molar-refractivity contribution in [2.24, 2.45) is 0 Å². The number of aromatic hydroxyl groups is 1. The average Bonchev–Trinajstić information content (AvgIpc) is 3.20. The number of thiazole rings is 1. The van der Waals surface area contributed by atoms with E-state index in [1.807, 2.05) is 32.9 Å². The molecule has 31 heavy (non-hydrogen) atoms. The maximum absolute atomic E-state index is 13.5. The van der Waals surface area contributed by atoms with E-state index in [0.29, 0.717) is 21.8 Å². The van der Waals surface area contributed by atoms with Gasteiger partial charge in [0.15, 0.2) is 5.76 Å². The largest absolute Gasteiger partial charge is 0.508 e. The molecule has 6 nitrogen and oxygen atoms in total. The van der Waals surface area contributed by atoms with Crippen LogP contribution in [0.2, 0.25) is 0 Å². The number of rotatable bonds is 4. The molecule has 1 aromatic heterocycles. The fourth-order valence-corrected chi connectivity index (χ4v) is 4.79. The summed E-state index contributed by atoms with van der Waals surface area (Å²) < 4.78 is 0. The fourth-order valence-electron chi connectivity index (χ4n) is 3.92. The van der Waals surface area contributed by atoms with Gasteiger partial charge in [0.2, 0.25) is 5.78 Å². The summed E-state index contributed by atoms with van der Waals surface area (Å²) in [6, 6.07) is 11.1. The Bertz CT molecular complexity index is 1240. The molecule has 0 spiro atoms. The molecule has 3 aromatic rings. The zero-order chi connectivity index (χ0) is 22.4. The van der Waals surface area contributed by atoms with Gasteiger partial charge in [0.1, 0.15) is 5.75 Å². The van der Waals surface area contributed by atoms with Gasteiger partial charge in [-0.15, -0.1) is 11.3 Å². The minimum Gasteiger partial charge on any atom is -0.508 e. The number of anilines is 1. The van der Waals surface area contributed by atoms with E-state index in [-0.39, 0.29) is 11.3 Å². The molecule has 1 aliphatic heterocycles. The van der Waals surface area contributed by atoms with Crippen molar-refractivity contribution in [1.82, 2.24) is 4.98 Å². The summed E-state index contributed by atoms with van der Waals surface area (Å²) in [5.41, 5.74) is 3.68. The minimum absolute atomic E-state index is 0.0170. The summed E-state index contributed by atoms with van der Waals surface area (Å²) in [5, 5.41) is 21.3. The van der Waals surface area contributed by atoms with Crippen molar-refractivity contribution in [3.8, 4) is 5.75 Å². The van der Waals surface area contributed by atoms with Gasteiger partial charge in [-0.05, 0) is 62.6 Å². The third-order valence-electron chi connectivity index (χ3n) is 5.61. The number of aryl methyl sites for hydroxylation is 3. The molecule has 0 aliphatic carbocycles. The molecular weight excluding hydrogens is 412 g/mol. The number of phenols is 1. The summed E-state index contributed by atoms with van der Waals surface area (Å²) in [4.78, 5) is 33.0. The van der Waals surface area contributed by atoms with Crippen molar-refractivity contribution in [3.05, 3.63) is 86.1 Å². The Morgan fingerprint density at radius 3 is 2.32 bits per heavy atom. The second kappa shape index (κ2) is 7.67. The van der Waals surface area contributed by atoms with E-state index in [1.54, 1.807) is 25.1 Å². The summed E-state index contributed by atoms with van der Waals surface area (Å²) in [6.07, 6.45) is 0. The molecule has 158 valence electrons. The lowest BCUT2D eigenvalue weighted by atomic mass is 9.94. The second-order valence-electron chi connectivity index (χ2n) is 7.63. The highest BCUT2D eigenvalue weighted by Crippen LogP contribution is 2.44. The highest BCUT2D eigenvalue weighted by Gasteiger charge is 2.45. The van der Waals surface area contributed by atoms with Crippen LogP contribution < -0.4 is 4.90 Å². The predicted molar refractivity (Wildman–Crippen MR) is 120 cm³/mol. The first-order valence-corrected chi connectivity index (χ1v) is 10.6. The summed E-state index contributed by atoms with van der Waals surface area (Å²) in [7, 11) is 0. The lowest BCUT2D eigenvalue weighted by molar-refractivity contribution is -0.117. The van der Waals surface area contributed by atoms with Crippen LogP contribution in [0.1, 0.15) is 43.1 Å². The van der Waals surface area contributed by atoms with Crippen LogP contribution in [-0.4, -0.2) is 26.9 Å². The van der Waals surface area contributed by atoms with Crippen LogP contribution in [-0.2, 0) is 4.79 Å². The van der Waals surface area contributed by atoms with E-state index in [2.05, 4.69) is 4.98 Å². The van der Waals surface area contributed by atoms with Crippen molar-refractivity contribution in [2.75, 3.05) is 4.90 Å². The number of aromatic nitrogens is 1. The first-order chi connectivity index (χ1) is 14.7. The maximum atomic E-state index is 13.5. The Morgan fingerprint density at radius 1 is 1.03 bits per heavy atom. The van der Waals surface area contributed by atoms with Crippen molar-refractivity contribution in [3.63, 3.8) is 0 Å². The molecule has 4 rings (SSSR count). The van der Waals surface area contributed by atoms with Crippen LogP contribution in [0.25, 0.3) is 0 Å². The topological polar surface area (TPSA) is 90.7 Å².